The van der Waals surface area contributed by atoms with Gasteiger partial charge in [-0.05, 0) is 17.7 Å². The Kier molecular flexibility index (Phi) is 5.38. The van der Waals surface area contributed by atoms with Crippen LogP contribution in [0.3, 0.4) is 0 Å². The lowest BCUT2D eigenvalue weighted by molar-refractivity contribution is -0.167. The Hall–Kier alpha value is -1.53. The third-order valence-corrected chi connectivity index (χ3v) is 2.22. The number of carbonyl (C=O) groups excluding carboxylic acids is 1. The smallest absolute Gasteiger partial charge is 0.318 e. The molecule has 1 rings (SSSR count). The summed E-state index contributed by atoms with van der Waals surface area (Å²) in [5.41, 5.74) is 0.809. The second kappa shape index (κ2) is 6.58. The number of alkyl halides is 3. The van der Waals surface area contributed by atoms with Crippen molar-refractivity contribution < 1.29 is 18.0 Å². The van der Waals surface area contributed by atoms with Gasteiger partial charge >= 0.3 is 12.1 Å². The number of amides is 1. The van der Waals surface area contributed by atoms with Crippen LogP contribution in [0.5, 0.6) is 0 Å². The van der Waals surface area contributed by atoms with Gasteiger partial charge in [0.15, 0.2) is 0 Å². The molecule has 104 valence electrons. The number of carbonyl (C=O) groups is 1. The average molecular weight is 293 g/mol. The Bertz CT molecular complexity index is 474. The highest BCUT2D eigenvalue weighted by molar-refractivity contribution is 6.29. The van der Waals surface area contributed by atoms with E-state index in [0.717, 1.165) is 5.56 Å². The van der Waals surface area contributed by atoms with Crippen molar-refractivity contribution in [2.45, 2.75) is 12.7 Å². The van der Waals surface area contributed by atoms with Crippen molar-refractivity contribution in [3.63, 3.8) is 0 Å². The maximum absolute atomic E-state index is 12.1. The van der Waals surface area contributed by atoms with Crippen LogP contribution in [0.2, 0.25) is 0 Å². The first-order chi connectivity index (χ1) is 8.79. The first-order valence-electron chi connectivity index (χ1n) is 5.30. The fourth-order valence-corrected chi connectivity index (χ4v) is 1.40. The highest BCUT2D eigenvalue weighted by Crippen LogP contribution is 2.18. The van der Waals surface area contributed by atoms with Crippen LogP contribution in [0.4, 0.5) is 18.9 Å². The van der Waals surface area contributed by atoms with Crippen LogP contribution in [-0.4, -0.2) is 18.6 Å². The van der Waals surface area contributed by atoms with Gasteiger partial charge in [-0.15, -0.1) is 0 Å². The molecule has 3 nitrogen and oxygen atoms in total. The second-order valence-electron chi connectivity index (χ2n) is 3.77. The first kappa shape index (κ1) is 15.5. The van der Waals surface area contributed by atoms with E-state index in [4.69, 9.17) is 11.6 Å². The van der Waals surface area contributed by atoms with Crippen LogP contribution >= 0.6 is 11.6 Å². The highest BCUT2D eigenvalue weighted by Gasteiger charge is 2.38. The first-order valence-corrected chi connectivity index (χ1v) is 5.68. The van der Waals surface area contributed by atoms with Gasteiger partial charge < -0.3 is 10.6 Å². The van der Waals surface area contributed by atoms with Gasteiger partial charge in [-0.25, -0.2) is 0 Å². The third kappa shape index (κ3) is 5.76. The van der Waals surface area contributed by atoms with Crippen LogP contribution in [0.15, 0.2) is 35.9 Å². The van der Waals surface area contributed by atoms with Crippen LogP contribution in [-0.2, 0) is 11.3 Å². The Labute approximate surface area is 113 Å². The fourth-order valence-electron chi connectivity index (χ4n) is 1.30. The summed E-state index contributed by atoms with van der Waals surface area (Å²) in [5, 5.41) is 5.16. The van der Waals surface area contributed by atoms with Crippen LogP contribution in [0, 0.1) is 0 Å². The van der Waals surface area contributed by atoms with E-state index in [9.17, 15) is 18.0 Å². The molecule has 2 N–H and O–H groups in total. The lowest BCUT2D eigenvalue weighted by Gasteiger charge is -2.09. The van der Waals surface area contributed by atoms with Crippen molar-refractivity contribution in [1.29, 1.82) is 0 Å². The molecule has 0 aliphatic rings. The standard InChI is InChI=1S/C12H12ClF3N2O/c1-8(13)6-17-7-9-3-2-4-10(5-9)18-11(19)12(14,15)16/h2-5,17H,1,6-7H2,(H,18,19). The molecule has 0 bridgehead atoms. The van der Waals surface area contributed by atoms with Gasteiger partial charge in [0.25, 0.3) is 0 Å². The van der Waals surface area contributed by atoms with E-state index in [2.05, 4.69) is 11.9 Å². The number of hydrogen-bond donors (Lipinski definition) is 2. The van der Waals surface area contributed by atoms with Gasteiger partial charge in [-0.1, -0.05) is 30.3 Å². The summed E-state index contributed by atoms with van der Waals surface area (Å²) in [5.74, 6) is -1.99. The molecule has 0 atom stereocenters. The van der Waals surface area contributed by atoms with Gasteiger partial charge in [-0.3, -0.25) is 4.79 Å². The van der Waals surface area contributed by atoms with Crippen molar-refractivity contribution >= 4 is 23.2 Å². The van der Waals surface area contributed by atoms with Crippen LogP contribution < -0.4 is 10.6 Å². The summed E-state index contributed by atoms with van der Waals surface area (Å²) >= 11 is 5.56. The molecule has 19 heavy (non-hydrogen) atoms. The largest absolute Gasteiger partial charge is 0.471 e. The van der Waals surface area contributed by atoms with Gasteiger partial charge in [-0.2, -0.15) is 13.2 Å². The molecule has 1 aromatic carbocycles. The lowest BCUT2D eigenvalue weighted by Crippen LogP contribution is -2.29. The zero-order chi connectivity index (χ0) is 14.5. The molecule has 0 radical (unpaired) electrons. The lowest BCUT2D eigenvalue weighted by atomic mass is 10.2. The van der Waals surface area contributed by atoms with E-state index in [-0.39, 0.29) is 5.69 Å². The molecule has 0 heterocycles. The summed E-state index contributed by atoms with van der Waals surface area (Å²) < 4.78 is 36.2. The average Bonchev–Trinajstić information content (AvgIpc) is 2.27. The van der Waals surface area contributed by atoms with Gasteiger partial charge in [0.1, 0.15) is 0 Å². The molecule has 0 aliphatic carbocycles. The summed E-state index contributed by atoms with van der Waals surface area (Å²) in [6, 6.07) is 6.10. The second-order valence-corrected chi connectivity index (χ2v) is 4.31. The van der Waals surface area contributed by atoms with Crippen LogP contribution in [0.25, 0.3) is 0 Å². The van der Waals surface area contributed by atoms with E-state index in [0.29, 0.717) is 18.1 Å². The van der Waals surface area contributed by atoms with E-state index in [1.807, 2.05) is 0 Å². The molecule has 0 spiro atoms. The summed E-state index contributed by atoms with van der Waals surface area (Å²) in [4.78, 5) is 10.8. The zero-order valence-electron chi connectivity index (χ0n) is 9.85. The number of hydrogen-bond acceptors (Lipinski definition) is 2. The molecule has 0 fully saturated rings. The van der Waals surface area contributed by atoms with Crippen molar-refractivity contribution in [3.05, 3.63) is 41.4 Å². The van der Waals surface area contributed by atoms with Crippen molar-refractivity contribution in [1.82, 2.24) is 5.32 Å². The molecule has 0 saturated heterocycles. The zero-order valence-corrected chi connectivity index (χ0v) is 10.6. The van der Waals surface area contributed by atoms with Gasteiger partial charge in [0.05, 0.1) is 0 Å². The van der Waals surface area contributed by atoms with Crippen molar-refractivity contribution in [3.8, 4) is 0 Å². The minimum absolute atomic E-state index is 0.0892. The Morgan fingerprint density at radius 3 is 2.63 bits per heavy atom. The van der Waals surface area contributed by atoms with Gasteiger partial charge in [0.2, 0.25) is 0 Å². The summed E-state index contributed by atoms with van der Waals surface area (Å²) in [7, 11) is 0. The van der Waals surface area contributed by atoms with E-state index >= 15 is 0 Å². The Morgan fingerprint density at radius 2 is 2.05 bits per heavy atom. The predicted octanol–water partition coefficient (Wildman–Crippen LogP) is 3.03. The molecular formula is C12H12ClF3N2O. The maximum atomic E-state index is 12.1. The highest BCUT2D eigenvalue weighted by atomic mass is 35.5. The Balaban J connectivity index is 2.62. The molecule has 0 aliphatic heterocycles. The SMILES string of the molecule is C=C(Cl)CNCc1cccc(NC(=O)C(F)(F)F)c1. The Morgan fingerprint density at radius 1 is 1.37 bits per heavy atom. The summed E-state index contributed by atoms with van der Waals surface area (Å²) in [6.07, 6.45) is -4.90. The normalized spacial score (nSPS) is 11.2. The van der Waals surface area contributed by atoms with Crippen LogP contribution in [0.1, 0.15) is 5.56 Å². The van der Waals surface area contributed by atoms with Crippen molar-refractivity contribution in [2.75, 3.05) is 11.9 Å². The van der Waals surface area contributed by atoms with E-state index < -0.39 is 12.1 Å². The van der Waals surface area contributed by atoms with E-state index in [1.165, 1.54) is 12.1 Å². The van der Waals surface area contributed by atoms with E-state index in [1.54, 1.807) is 17.4 Å². The predicted molar refractivity (Wildman–Crippen MR) is 67.8 cm³/mol. The topological polar surface area (TPSA) is 41.1 Å². The maximum Gasteiger partial charge on any atom is 0.471 e. The number of halogens is 4. The molecule has 0 aromatic heterocycles. The monoisotopic (exact) mass is 292 g/mol. The molecular weight excluding hydrogens is 281 g/mol. The molecule has 1 amide bonds. The minimum atomic E-state index is -4.90. The third-order valence-electron chi connectivity index (χ3n) is 2.09. The molecule has 7 heteroatoms. The van der Waals surface area contributed by atoms with Crippen molar-refractivity contribution in [2.24, 2.45) is 0 Å². The number of nitrogens with one attached hydrogen (secondary N) is 2. The number of anilines is 1. The fraction of sp³-hybridized carbons (Fsp3) is 0.250. The number of benzene rings is 1. The molecule has 0 unspecified atom stereocenters. The molecule has 0 saturated carbocycles. The number of rotatable bonds is 5. The quantitative estimate of drug-likeness (QED) is 0.876. The minimum Gasteiger partial charge on any atom is -0.318 e. The molecule has 1 aromatic rings. The van der Waals surface area contributed by atoms with Gasteiger partial charge in [0, 0.05) is 23.8 Å². The summed E-state index contributed by atoms with van der Waals surface area (Å²) in [6.45, 7) is 4.29.